The van der Waals surface area contributed by atoms with Crippen molar-refractivity contribution in [3.8, 4) is 0 Å². The number of hydrogen-bond acceptors (Lipinski definition) is 3. The van der Waals surface area contributed by atoms with Crippen LogP contribution in [0.4, 0.5) is 17.1 Å². The van der Waals surface area contributed by atoms with Crippen LogP contribution >= 0.6 is 0 Å². The highest BCUT2D eigenvalue weighted by atomic mass is 16.2. The Bertz CT molecular complexity index is 1500. The summed E-state index contributed by atoms with van der Waals surface area (Å²) in [7, 11) is 0. The number of hydrogen-bond donors (Lipinski definition) is 0. The Morgan fingerprint density at radius 2 is 0.739 bits per heavy atom. The minimum absolute atomic E-state index is 0.280. The highest BCUT2D eigenvalue weighted by Crippen LogP contribution is 2.38. The van der Waals surface area contributed by atoms with E-state index in [9.17, 15) is 14.4 Å². The van der Waals surface area contributed by atoms with E-state index in [4.69, 9.17) is 0 Å². The number of carbonyl (C=O) groups is 3. The number of amides is 3. The molecular weight excluding hydrogens is 570 g/mol. The van der Waals surface area contributed by atoms with Crippen LogP contribution in [0.15, 0.2) is 54.6 Å². The molecular formula is C40H53N3O3. The van der Waals surface area contributed by atoms with Crippen molar-refractivity contribution >= 4 is 34.8 Å². The first-order chi connectivity index (χ1) is 22.6. The first-order valence-electron chi connectivity index (χ1n) is 17.8. The maximum atomic E-state index is 11.7. The number of anilines is 3. The zero-order valence-electron chi connectivity index (χ0n) is 29.0. The van der Waals surface area contributed by atoms with Crippen molar-refractivity contribution in [3.05, 3.63) is 88.0 Å². The molecule has 246 valence electrons. The molecule has 6 aliphatic heterocycles. The van der Waals surface area contributed by atoms with Crippen LogP contribution < -0.4 is 14.7 Å². The molecule has 3 aromatic carbocycles. The molecule has 0 saturated heterocycles. The molecule has 6 aliphatic rings. The second kappa shape index (κ2) is 16.6. The first-order valence-corrected chi connectivity index (χ1v) is 17.8. The second-order valence-corrected chi connectivity index (χ2v) is 11.5. The van der Waals surface area contributed by atoms with Gasteiger partial charge in [-0.15, -0.1) is 0 Å². The van der Waals surface area contributed by atoms with Gasteiger partial charge in [-0.1, -0.05) is 96.1 Å². The van der Waals surface area contributed by atoms with Crippen molar-refractivity contribution in [2.75, 3.05) is 34.3 Å². The Morgan fingerprint density at radius 3 is 1.22 bits per heavy atom. The van der Waals surface area contributed by atoms with Gasteiger partial charge in [-0.3, -0.25) is 14.4 Å². The maximum Gasteiger partial charge on any atom is 0.231 e. The van der Waals surface area contributed by atoms with Crippen LogP contribution in [-0.4, -0.2) is 37.4 Å². The van der Waals surface area contributed by atoms with Crippen molar-refractivity contribution in [2.24, 2.45) is 0 Å². The van der Waals surface area contributed by atoms with Gasteiger partial charge in [0.2, 0.25) is 17.7 Å². The van der Waals surface area contributed by atoms with Crippen LogP contribution in [0.25, 0.3) is 0 Å². The summed E-state index contributed by atoms with van der Waals surface area (Å²) in [6.07, 6.45) is 9.38. The van der Waals surface area contributed by atoms with E-state index < -0.39 is 0 Å². The number of carbonyl (C=O) groups excluding carboxylic acids is 3. The summed E-state index contributed by atoms with van der Waals surface area (Å²) in [5.74, 6) is 0.893. The fourth-order valence-electron chi connectivity index (χ4n) is 7.31. The van der Waals surface area contributed by atoms with Gasteiger partial charge in [0.15, 0.2) is 0 Å². The van der Waals surface area contributed by atoms with Crippen molar-refractivity contribution in [2.45, 2.75) is 106 Å². The van der Waals surface area contributed by atoms with Gasteiger partial charge in [0.05, 0.1) is 17.8 Å². The summed E-state index contributed by atoms with van der Waals surface area (Å²) in [4.78, 5) is 40.7. The Balaban J connectivity index is 0.000000145. The van der Waals surface area contributed by atoms with E-state index in [0.29, 0.717) is 31.1 Å². The topological polar surface area (TPSA) is 60.9 Å². The Kier molecular flexibility index (Phi) is 12.6. The number of nitrogens with zero attached hydrogens (tertiary/aromatic N) is 3. The highest BCUT2D eigenvalue weighted by Gasteiger charge is 2.32. The molecule has 46 heavy (non-hydrogen) atoms. The third-order valence-corrected chi connectivity index (χ3v) is 9.14. The van der Waals surface area contributed by atoms with Gasteiger partial charge >= 0.3 is 0 Å². The lowest BCUT2D eigenvalue weighted by Gasteiger charge is -2.34. The van der Waals surface area contributed by atoms with Crippen molar-refractivity contribution in [1.29, 1.82) is 0 Å². The molecule has 0 aliphatic carbocycles. The molecule has 0 spiro atoms. The molecule has 3 amide bonds. The summed E-state index contributed by atoms with van der Waals surface area (Å²) >= 11 is 0. The number of rotatable bonds is 0. The van der Waals surface area contributed by atoms with Gasteiger partial charge in [0.1, 0.15) is 0 Å². The number of benzene rings is 3. The van der Waals surface area contributed by atoms with Gasteiger partial charge in [-0.2, -0.15) is 0 Å². The Labute approximate surface area is 276 Å². The van der Waals surface area contributed by atoms with Gasteiger partial charge in [0, 0.05) is 38.2 Å². The molecule has 0 fully saturated rings. The largest absolute Gasteiger partial charge is 0.312 e. The second-order valence-electron chi connectivity index (χ2n) is 11.5. The van der Waals surface area contributed by atoms with Crippen LogP contribution in [0.1, 0.15) is 101 Å². The number of para-hydroxylation sites is 3. The molecule has 0 saturated carbocycles. The maximum absolute atomic E-state index is 11.7. The lowest BCUT2D eigenvalue weighted by Crippen LogP contribution is -2.39. The lowest BCUT2D eigenvalue weighted by atomic mass is 9.92. The monoisotopic (exact) mass is 623 g/mol. The first kappa shape index (κ1) is 34.9. The quantitative estimate of drug-likeness (QED) is 0.255. The zero-order chi connectivity index (χ0) is 33.2. The SMILES string of the molecule is CC.CC.CC.O=C1CCc2cccc3c2N1CC3.O=C1CCc2cccc3c2N1CCC3.O=C1Cc2cccc3c2N1CCC3. The van der Waals surface area contributed by atoms with E-state index in [1.165, 1.54) is 50.4 Å². The molecule has 0 atom stereocenters. The minimum Gasteiger partial charge on any atom is -0.312 e. The van der Waals surface area contributed by atoms with Crippen LogP contribution in [0.5, 0.6) is 0 Å². The van der Waals surface area contributed by atoms with Crippen LogP contribution in [0, 0.1) is 0 Å². The highest BCUT2D eigenvalue weighted by molar-refractivity contribution is 6.02. The molecule has 6 heteroatoms. The summed E-state index contributed by atoms with van der Waals surface area (Å²) in [5.41, 5.74) is 11.7. The molecule has 6 heterocycles. The predicted octanol–water partition coefficient (Wildman–Crippen LogP) is 8.03. The third-order valence-electron chi connectivity index (χ3n) is 9.14. The fourth-order valence-corrected chi connectivity index (χ4v) is 7.31. The van der Waals surface area contributed by atoms with Gasteiger partial charge in [-0.25, -0.2) is 0 Å². The van der Waals surface area contributed by atoms with E-state index in [1.54, 1.807) is 0 Å². The Hall–Kier alpha value is -3.93. The van der Waals surface area contributed by atoms with E-state index in [1.807, 2.05) is 56.2 Å². The Morgan fingerprint density at radius 1 is 0.391 bits per heavy atom. The molecule has 0 N–H and O–H groups in total. The fraction of sp³-hybridized carbons (Fsp3) is 0.475. The number of aryl methyl sites for hydroxylation is 4. The summed E-state index contributed by atoms with van der Waals surface area (Å²) < 4.78 is 0. The van der Waals surface area contributed by atoms with E-state index in [-0.39, 0.29) is 5.91 Å². The average Bonchev–Trinajstić information content (AvgIpc) is 3.71. The van der Waals surface area contributed by atoms with Crippen LogP contribution in [0.2, 0.25) is 0 Å². The standard InChI is InChI=1S/C12H13NO.2C11H11NO.3C2H6/c14-11-7-6-10-4-1-3-9-5-2-8-13(11)12(9)10;13-10-7-9-4-1-3-8-5-2-6-12(10)11(8)9;13-10-5-4-8-2-1-3-9-6-7-12(10)11(8)9;3*1-2/h1,3-4H,2,5-8H2;1,3-4H,2,5-7H2;1-3H,4-7H2;3*1-2H3. The molecule has 6 nitrogen and oxygen atoms in total. The van der Waals surface area contributed by atoms with Gasteiger partial charge in [-0.05, 0) is 78.3 Å². The van der Waals surface area contributed by atoms with Crippen molar-refractivity contribution in [3.63, 3.8) is 0 Å². The molecule has 9 rings (SSSR count). The molecule has 0 radical (unpaired) electrons. The van der Waals surface area contributed by atoms with Crippen molar-refractivity contribution in [1.82, 2.24) is 0 Å². The smallest absolute Gasteiger partial charge is 0.231 e. The predicted molar refractivity (Wildman–Crippen MR) is 191 cm³/mol. The summed E-state index contributed by atoms with van der Waals surface area (Å²) in [6.45, 7) is 14.7. The third kappa shape index (κ3) is 7.06. The van der Waals surface area contributed by atoms with Gasteiger partial charge in [0.25, 0.3) is 0 Å². The summed E-state index contributed by atoms with van der Waals surface area (Å²) in [6, 6.07) is 19.1. The van der Waals surface area contributed by atoms with Gasteiger partial charge < -0.3 is 14.7 Å². The molecule has 3 aromatic rings. The van der Waals surface area contributed by atoms with Crippen LogP contribution in [-0.2, 0) is 52.9 Å². The van der Waals surface area contributed by atoms with Crippen LogP contribution in [0.3, 0.4) is 0 Å². The van der Waals surface area contributed by atoms with E-state index in [2.05, 4.69) is 54.6 Å². The average molecular weight is 624 g/mol. The molecule has 0 unspecified atom stereocenters. The zero-order valence-corrected chi connectivity index (χ0v) is 29.0. The normalized spacial score (nSPS) is 17.1. The van der Waals surface area contributed by atoms with E-state index in [0.717, 1.165) is 64.6 Å². The minimum atomic E-state index is 0.280. The lowest BCUT2D eigenvalue weighted by molar-refractivity contribution is -0.119. The van der Waals surface area contributed by atoms with Crippen molar-refractivity contribution < 1.29 is 14.4 Å². The molecule has 0 aromatic heterocycles. The molecule has 0 bridgehead atoms. The van der Waals surface area contributed by atoms with E-state index >= 15 is 0 Å². The summed E-state index contributed by atoms with van der Waals surface area (Å²) in [5, 5.41) is 0.